The highest BCUT2D eigenvalue weighted by molar-refractivity contribution is 6.07. The van der Waals surface area contributed by atoms with Crippen LogP contribution in [-0.4, -0.2) is 25.6 Å². The lowest BCUT2D eigenvalue weighted by Gasteiger charge is -2.36. The van der Waals surface area contributed by atoms with Gasteiger partial charge in [-0.2, -0.15) is 0 Å². The predicted molar refractivity (Wildman–Crippen MR) is 176 cm³/mol. The average Bonchev–Trinajstić information content (AvgIpc) is 3.01. The van der Waals surface area contributed by atoms with Crippen LogP contribution >= 0.6 is 0 Å². The second-order valence-corrected chi connectivity index (χ2v) is 12.4. The van der Waals surface area contributed by atoms with Crippen molar-refractivity contribution in [3.05, 3.63) is 59.2 Å². The largest absolute Gasteiger partial charge is 0.493 e. The molecular formula is C38H56O4. The van der Waals surface area contributed by atoms with E-state index in [1.165, 1.54) is 96.3 Å². The summed E-state index contributed by atoms with van der Waals surface area (Å²) in [6.45, 7) is 4.54. The quantitative estimate of drug-likeness (QED) is 0.0842. The van der Waals surface area contributed by atoms with Gasteiger partial charge in [-0.3, -0.25) is 4.79 Å². The molecule has 0 spiro atoms. The van der Waals surface area contributed by atoms with Crippen LogP contribution in [0.1, 0.15) is 144 Å². The lowest BCUT2D eigenvalue weighted by Crippen LogP contribution is -2.36. The Kier molecular flexibility index (Phi) is 15.0. The predicted octanol–water partition coefficient (Wildman–Crippen LogP) is 10.9. The van der Waals surface area contributed by atoms with Gasteiger partial charge < -0.3 is 14.2 Å². The number of ketones is 1. The Morgan fingerprint density at radius 1 is 0.786 bits per heavy atom. The lowest BCUT2D eigenvalue weighted by molar-refractivity contribution is 0.0534. The Hall–Kier alpha value is -2.75. The molecule has 0 N–H and O–H groups in total. The molecule has 4 nitrogen and oxygen atoms in total. The van der Waals surface area contributed by atoms with Gasteiger partial charge in [0, 0.05) is 5.56 Å². The molecule has 1 aliphatic rings. The Labute approximate surface area is 256 Å². The van der Waals surface area contributed by atoms with Gasteiger partial charge in [0.15, 0.2) is 17.3 Å². The highest BCUT2D eigenvalue weighted by atomic mass is 16.5. The molecule has 0 saturated heterocycles. The minimum absolute atomic E-state index is 0.0151. The maximum Gasteiger partial charge on any atom is 0.185 e. The fourth-order valence-corrected chi connectivity index (χ4v) is 6.01. The molecule has 1 unspecified atom stereocenters. The van der Waals surface area contributed by atoms with Crippen LogP contribution in [0.25, 0.3) is 6.08 Å². The van der Waals surface area contributed by atoms with Gasteiger partial charge in [0.1, 0.15) is 11.4 Å². The molecule has 2 aromatic carbocycles. The van der Waals surface area contributed by atoms with E-state index in [1.54, 1.807) is 20.3 Å². The smallest absolute Gasteiger partial charge is 0.185 e. The molecular weight excluding hydrogens is 520 g/mol. The van der Waals surface area contributed by atoms with Crippen molar-refractivity contribution in [2.75, 3.05) is 14.2 Å². The fraction of sp³-hybridized carbons (Fsp3) is 0.605. The van der Waals surface area contributed by atoms with E-state index in [4.69, 9.17) is 14.2 Å². The summed E-state index contributed by atoms with van der Waals surface area (Å²) < 4.78 is 17.2. The van der Waals surface area contributed by atoms with Gasteiger partial charge in [0.05, 0.1) is 14.2 Å². The topological polar surface area (TPSA) is 44.8 Å². The summed E-state index contributed by atoms with van der Waals surface area (Å²) in [7, 11) is 3.22. The van der Waals surface area contributed by atoms with Crippen molar-refractivity contribution in [1.29, 1.82) is 0 Å². The molecule has 0 saturated carbocycles. The summed E-state index contributed by atoms with van der Waals surface area (Å²) in [4.78, 5) is 12.9. The number of fused-ring (bicyclic) bond motifs is 1. The molecule has 0 bridgehead atoms. The average molecular weight is 577 g/mol. The van der Waals surface area contributed by atoms with Crippen LogP contribution < -0.4 is 14.2 Å². The molecule has 3 rings (SSSR count). The van der Waals surface area contributed by atoms with Crippen LogP contribution in [0, 0.1) is 0 Å². The van der Waals surface area contributed by atoms with E-state index < -0.39 is 0 Å². The molecule has 0 aliphatic carbocycles. The second kappa shape index (κ2) is 18.7. The van der Waals surface area contributed by atoms with Gasteiger partial charge in [-0.15, -0.1) is 0 Å². The lowest BCUT2D eigenvalue weighted by atomic mass is 9.87. The Balaban J connectivity index is 1.32. The normalized spacial score (nSPS) is 16.3. The maximum atomic E-state index is 12.9. The highest BCUT2D eigenvalue weighted by Crippen LogP contribution is 2.37. The van der Waals surface area contributed by atoms with E-state index in [9.17, 15) is 4.79 Å². The van der Waals surface area contributed by atoms with Crippen molar-refractivity contribution in [2.45, 2.75) is 135 Å². The van der Waals surface area contributed by atoms with Crippen LogP contribution in [0.2, 0.25) is 0 Å². The summed E-state index contributed by atoms with van der Waals surface area (Å²) >= 11 is 0. The third kappa shape index (κ3) is 11.5. The van der Waals surface area contributed by atoms with Crippen molar-refractivity contribution < 1.29 is 19.0 Å². The van der Waals surface area contributed by atoms with Crippen molar-refractivity contribution >= 4 is 11.9 Å². The summed E-state index contributed by atoms with van der Waals surface area (Å²) in [6.07, 6.45) is 27.3. The molecule has 0 radical (unpaired) electrons. The third-order valence-electron chi connectivity index (χ3n) is 8.77. The minimum Gasteiger partial charge on any atom is -0.493 e. The molecule has 232 valence electrons. The molecule has 1 aliphatic heterocycles. The third-order valence-corrected chi connectivity index (χ3v) is 8.77. The Morgan fingerprint density at radius 2 is 1.38 bits per heavy atom. The summed E-state index contributed by atoms with van der Waals surface area (Å²) in [5, 5.41) is 0. The van der Waals surface area contributed by atoms with E-state index in [1.807, 2.05) is 42.5 Å². The van der Waals surface area contributed by atoms with Gasteiger partial charge in [-0.1, -0.05) is 109 Å². The van der Waals surface area contributed by atoms with Gasteiger partial charge in [0.2, 0.25) is 0 Å². The van der Waals surface area contributed by atoms with Crippen molar-refractivity contribution in [3.63, 3.8) is 0 Å². The summed E-state index contributed by atoms with van der Waals surface area (Å²) in [5.41, 5.74) is 2.61. The number of methoxy groups -OCH3 is 2. The fourth-order valence-electron chi connectivity index (χ4n) is 6.01. The highest BCUT2D eigenvalue weighted by Gasteiger charge is 2.31. The minimum atomic E-state index is -0.109. The van der Waals surface area contributed by atoms with Crippen molar-refractivity contribution in [1.82, 2.24) is 0 Å². The van der Waals surface area contributed by atoms with E-state index in [2.05, 4.69) is 13.8 Å². The number of rotatable bonds is 21. The zero-order valence-corrected chi connectivity index (χ0v) is 27.0. The van der Waals surface area contributed by atoms with E-state index in [-0.39, 0.29) is 11.4 Å². The molecule has 4 heteroatoms. The van der Waals surface area contributed by atoms with Crippen molar-refractivity contribution in [3.8, 4) is 17.2 Å². The zero-order valence-electron chi connectivity index (χ0n) is 27.0. The summed E-state index contributed by atoms with van der Waals surface area (Å²) in [5.74, 6) is 2.23. The molecule has 1 heterocycles. The number of hydrogen-bond donors (Lipinski definition) is 0. The van der Waals surface area contributed by atoms with E-state index in [0.717, 1.165) is 36.1 Å². The van der Waals surface area contributed by atoms with Crippen LogP contribution in [0.4, 0.5) is 0 Å². The van der Waals surface area contributed by atoms with Gasteiger partial charge >= 0.3 is 0 Å². The standard InChI is InChI=1S/C38H56O4/c1-5-6-7-8-9-10-11-12-13-14-15-16-17-18-19-27-38(2)28-26-33-30-32(22-25-35(33)42-38)34(39)23-20-31-21-24-36(40-3)37(29-31)41-4/h20-25,29-30H,5-19,26-28H2,1-4H3/b23-20+. The van der Waals surface area contributed by atoms with E-state index >= 15 is 0 Å². The molecule has 0 amide bonds. The maximum absolute atomic E-state index is 12.9. The Bertz CT molecular complexity index is 1100. The van der Waals surface area contributed by atoms with Crippen LogP contribution in [0.3, 0.4) is 0 Å². The zero-order chi connectivity index (χ0) is 30.0. The number of aryl methyl sites for hydroxylation is 1. The first-order valence-corrected chi connectivity index (χ1v) is 16.7. The first-order chi connectivity index (χ1) is 20.5. The van der Waals surface area contributed by atoms with Crippen LogP contribution in [0.5, 0.6) is 17.2 Å². The molecule has 42 heavy (non-hydrogen) atoms. The number of allylic oxidation sites excluding steroid dienone is 1. The number of hydrogen-bond acceptors (Lipinski definition) is 4. The number of benzene rings is 2. The number of unbranched alkanes of at least 4 members (excludes halogenated alkanes) is 14. The summed E-state index contributed by atoms with van der Waals surface area (Å²) in [6, 6.07) is 11.5. The van der Waals surface area contributed by atoms with Crippen LogP contribution in [0.15, 0.2) is 42.5 Å². The molecule has 1 atom stereocenters. The van der Waals surface area contributed by atoms with Gasteiger partial charge in [-0.05, 0) is 80.1 Å². The SMILES string of the molecule is CCCCCCCCCCCCCCCCCC1(C)CCc2cc(C(=O)/C=C/c3ccc(OC)c(OC)c3)ccc2O1. The van der Waals surface area contributed by atoms with Crippen molar-refractivity contribution in [2.24, 2.45) is 0 Å². The first-order valence-electron chi connectivity index (χ1n) is 16.7. The Morgan fingerprint density at radius 3 is 1.98 bits per heavy atom. The van der Waals surface area contributed by atoms with Gasteiger partial charge in [-0.25, -0.2) is 0 Å². The van der Waals surface area contributed by atoms with Crippen LogP contribution in [-0.2, 0) is 6.42 Å². The number of carbonyl (C=O) groups excluding carboxylic acids is 1. The monoisotopic (exact) mass is 576 g/mol. The van der Waals surface area contributed by atoms with Gasteiger partial charge in [0.25, 0.3) is 0 Å². The first kappa shape index (κ1) is 33.7. The second-order valence-electron chi connectivity index (χ2n) is 12.4. The molecule has 2 aromatic rings. The number of carbonyl (C=O) groups is 1. The molecule has 0 aromatic heterocycles. The van der Waals surface area contributed by atoms with E-state index in [0.29, 0.717) is 17.1 Å². The number of ether oxygens (including phenoxy) is 3. The molecule has 0 fully saturated rings.